The molecule has 0 saturated carbocycles. The van der Waals surface area contributed by atoms with Crippen molar-refractivity contribution < 1.29 is 9.72 Å². The molecule has 2 aliphatic heterocycles. The molecule has 2 aliphatic rings. The lowest BCUT2D eigenvalue weighted by molar-refractivity contribution is -0.597. The lowest BCUT2D eigenvalue weighted by atomic mass is 10.9. The van der Waals surface area contributed by atoms with E-state index in [0.717, 1.165) is 0 Å². The summed E-state index contributed by atoms with van der Waals surface area (Å²) in [6.07, 6.45) is 0. The molecular formula is CN4O2. The predicted molar refractivity (Wildman–Crippen MR) is 14.8 cm³/mol. The fourth-order valence-electron chi connectivity index (χ4n) is 0.369. The quantitative estimate of drug-likeness (QED) is 0.305. The molecule has 2 heterocycles. The molecule has 6 nitrogen and oxygen atoms in total. The minimum absolute atomic E-state index is 0.264. The van der Waals surface area contributed by atoms with E-state index < -0.39 is 5.91 Å². The van der Waals surface area contributed by atoms with Crippen molar-refractivity contribution in [3.05, 3.63) is 10.4 Å². The minimum Gasteiger partial charge on any atom is -0.590 e. The first-order valence-electron chi connectivity index (χ1n) is 1.66. The topological polar surface area (TPSA) is 76.9 Å². The first-order chi connectivity index (χ1) is 3.26. The molecular weight excluding hydrogens is 100 g/mol. The third kappa shape index (κ3) is 0.133. The lowest BCUT2D eigenvalue weighted by Crippen LogP contribution is -2.04. The summed E-state index contributed by atoms with van der Waals surface area (Å²) in [7, 11) is 0. The van der Waals surface area contributed by atoms with Crippen molar-refractivity contribution in [2.24, 2.45) is 10.2 Å². The van der Waals surface area contributed by atoms with Gasteiger partial charge in [-0.05, 0) is 0 Å². The Hall–Kier alpha value is -1.20. The van der Waals surface area contributed by atoms with E-state index in [1.807, 2.05) is 0 Å². The van der Waals surface area contributed by atoms with Crippen LogP contribution in [0.3, 0.4) is 0 Å². The summed E-state index contributed by atoms with van der Waals surface area (Å²) in [6, 6.07) is 0. The highest BCUT2D eigenvalue weighted by atomic mass is 16.6. The zero-order valence-corrected chi connectivity index (χ0v) is 3.11. The average Bonchev–Trinajstić information content (AvgIpc) is 2.28. The van der Waals surface area contributed by atoms with Crippen LogP contribution in [0.1, 0.15) is 0 Å². The summed E-state index contributed by atoms with van der Waals surface area (Å²) in [4.78, 5) is 0.528. The third-order valence-electron chi connectivity index (χ3n) is 0.884. The van der Waals surface area contributed by atoms with Crippen molar-refractivity contribution in [3.8, 4) is 0 Å². The smallest absolute Gasteiger partial charge is 0.590 e. The fraction of sp³-hybridized carbons (Fsp3) is 1.00. The predicted octanol–water partition coefficient (Wildman–Crippen LogP) is -0.450. The van der Waals surface area contributed by atoms with Crippen LogP contribution < -0.4 is 0 Å². The molecule has 7 heavy (non-hydrogen) atoms. The standard InChI is InChI=1S/CN4O2/c6-4-1(2-4)3-5(1)7. The normalized spacial score (nSPS) is 29.1. The maximum absolute atomic E-state index is 9.90. The Morgan fingerprint density at radius 3 is 1.43 bits per heavy atom. The summed E-state index contributed by atoms with van der Waals surface area (Å²) >= 11 is 0. The second kappa shape index (κ2) is 0.423. The van der Waals surface area contributed by atoms with Gasteiger partial charge in [-0.1, -0.05) is 0 Å². The third-order valence-corrected chi connectivity index (χ3v) is 0.884. The van der Waals surface area contributed by atoms with E-state index in [1.54, 1.807) is 0 Å². The molecule has 0 saturated heterocycles. The fourth-order valence-corrected chi connectivity index (χ4v) is 0.369. The van der Waals surface area contributed by atoms with Crippen LogP contribution in [-0.4, -0.2) is 15.6 Å². The van der Waals surface area contributed by atoms with E-state index in [0.29, 0.717) is 0 Å². The van der Waals surface area contributed by atoms with Crippen LogP contribution in [0.2, 0.25) is 0 Å². The highest BCUT2D eigenvalue weighted by Gasteiger charge is 2.86. The zero-order chi connectivity index (χ0) is 5.07. The van der Waals surface area contributed by atoms with E-state index in [2.05, 4.69) is 10.2 Å². The van der Waals surface area contributed by atoms with Gasteiger partial charge in [-0.25, -0.2) is 0 Å². The van der Waals surface area contributed by atoms with E-state index >= 15 is 0 Å². The van der Waals surface area contributed by atoms with Crippen LogP contribution in [0.25, 0.3) is 0 Å². The molecule has 0 N–H and O–H groups in total. The van der Waals surface area contributed by atoms with Gasteiger partial charge in [0.2, 0.25) is 0 Å². The molecule has 1 spiro atoms. The average molecular weight is 100 g/mol. The van der Waals surface area contributed by atoms with Crippen LogP contribution in [0.15, 0.2) is 10.2 Å². The van der Waals surface area contributed by atoms with Gasteiger partial charge in [0.05, 0.1) is 9.72 Å². The Kier molecular flexibility index (Phi) is 0.175. The minimum atomic E-state index is -1.28. The second-order valence-corrected chi connectivity index (χ2v) is 1.35. The van der Waals surface area contributed by atoms with Crippen molar-refractivity contribution in [1.29, 1.82) is 0 Å². The van der Waals surface area contributed by atoms with E-state index in [1.165, 1.54) is 0 Å². The van der Waals surface area contributed by atoms with Gasteiger partial charge in [-0.3, -0.25) is 0 Å². The molecule has 0 atom stereocenters. The van der Waals surface area contributed by atoms with Gasteiger partial charge >= 0.3 is 5.91 Å². The van der Waals surface area contributed by atoms with Gasteiger partial charge < -0.3 is 10.4 Å². The Labute approximate surface area is 37.5 Å². The van der Waals surface area contributed by atoms with Crippen molar-refractivity contribution in [3.63, 3.8) is 0 Å². The van der Waals surface area contributed by atoms with E-state index in [-0.39, 0.29) is 9.72 Å². The van der Waals surface area contributed by atoms with E-state index in [4.69, 9.17) is 0 Å². The molecule has 6 heteroatoms. The number of hydrogen-bond donors (Lipinski definition) is 0. The molecule has 0 bridgehead atoms. The summed E-state index contributed by atoms with van der Waals surface area (Å²) < 4.78 is 0. The largest absolute Gasteiger partial charge is 0.740 e. The van der Waals surface area contributed by atoms with Gasteiger partial charge in [0.1, 0.15) is 0 Å². The molecule has 2 rings (SSSR count). The van der Waals surface area contributed by atoms with Crippen LogP contribution in [0.4, 0.5) is 0 Å². The molecule has 0 fully saturated rings. The molecule has 0 aromatic rings. The molecule has 0 radical (unpaired) electrons. The Morgan fingerprint density at radius 2 is 1.43 bits per heavy atom. The SMILES string of the molecule is [O-][N+]1=NC12N=[N+]2[O-]. The Balaban J connectivity index is 2.21. The monoisotopic (exact) mass is 100 g/mol. The summed E-state index contributed by atoms with van der Waals surface area (Å²) in [5, 5.41) is 26.0. The highest BCUT2D eigenvalue weighted by molar-refractivity contribution is 4.66. The molecule has 36 valence electrons. The van der Waals surface area contributed by atoms with Gasteiger partial charge in [0.15, 0.2) is 10.2 Å². The van der Waals surface area contributed by atoms with Crippen molar-refractivity contribution in [1.82, 2.24) is 0 Å². The van der Waals surface area contributed by atoms with Gasteiger partial charge in [-0.2, -0.15) is 0 Å². The van der Waals surface area contributed by atoms with Crippen LogP contribution >= 0.6 is 0 Å². The maximum Gasteiger partial charge on any atom is 0.740 e. The van der Waals surface area contributed by atoms with Crippen LogP contribution in [-0.2, 0) is 0 Å². The van der Waals surface area contributed by atoms with Crippen molar-refractivity contribution in [2.45, 2.75) is 5.91 Å². The number of nitrogens with zero attached hydrogens (tertiary/aromatic N) is 4. The molecule has 0 unspecified atom stereocenters. The van der Waals surface area contributed by atoms with Gasteiger partial charge in [0, 0.05) is 0 Å². The molecule has 0 aromatic carbocycles. The number of rotatable bonds is 0. The first kappa shape index (κ1) is 2.89. The maximum atomic E-state index is 9.90. The summed E-state index contributed by atoms with van der Waals surface area (Å²) in [5.74, 6) is -1.28. The number of hydrogen-bond acceptors (Lipinski definition) is 4. The first-order valence-corrected chi connectivity index (χ1v) is 1.66. The number of hydroxylamine groups is 2. The molecule has 0 aromatic heterocycles. The van der Waals surface area contributed by atoms with Crippen LogP contribution in [0, 0.1) is 10.4 Å². The second-order valence-electron chi connectivity index (χ2n) is 1.35. The summed E-state index contributed by atoms with van der Waals surface area (Å²) in [5.41, 5.74) is 0. The molecule has 0 aliphatic carbocycles. The Bertz CT molecular complexity index is 170. The summed E-state index contributed by atoms with van der Waals surface area (Å²) in [6.45, 7) is 0. The van der Waals surface area contributed by atoms with Gasteiger partial charge in [-0.15, -0.1) is 0 Å². The van der Waals surface area contributed by atoms with Crippen molar-refractivity contribution in [2.75, 3.05) is 0 Å². The van der Waals surface area contributed by atoms with Crippen molar-refractivity contribution >= 4 is 0 Å². The Morgan fingerprint density at radius 1 is 1.14 bits per heavy atom. The lowest BCUT2D eigenvalue weighted by Gasteiger charge is -1.69. The van der Waals surface area contributed by atoms with Crippen LogP contribution in [0.5, 0.6) is 0 Å². The van der Waals surface area contributed by atoms with Gasteiger partial charge in [0.25, 0.3) is 0 Å². The van der Waals surface area contributed by atoms with E-state index in [9.17, 15) is 10.4 Å². The zero-order valence-electron chi connectivity index (χ0n) is 3.11. The molecule has 0 amide bonds. The highest BCUT2D eigenvalue weighted by Crippen LogP contribution is 2.39.